The highest BCUT2D eigenvalue weighted by molar-refractivity contribution is 5.85. The largest absolute Gasteiger partial charge is 0.330 e. The summed E-state index contributed by atoms with van der Waals surface area (Å²) >= 11 is 0. The van der Waals surface area contributed by atoms with Gasteiger partial charge in [0, 0.05) is 0 Å². The second-order valence-electron chi connectivity index (χ2n) is 5.49. The predicted octanol–water partition coefficient (Wildman–Crippen LogP) is 4.64. The molecule has 0 aliphatic rings. The third kappa shape index (κ3) is 6.79. The van der Waals surface area contributed by atoms with Crippen molar-refractivity contribution in [3.8, 4) is 0 Å². The Morgan fingerprint density at radius 2 is 1.10 bits per heavy atom. The van der Waals surface area contributed by atoms with Gasteiger partial charge in [0.25, 0.3) is 0 Å². The third-order valence-electron chi connectivity index (χ3n) is 3.94. The second kappa shape index (κ2) is 10.4. The SMILES string of the molecule is Cl.NCCC(CCc1ccccc1)CCc1ccccc1. The molecule has 2 aromatic rings. The zero-order valence-electron chi connectivity index (χ0n) is 12.6. The normalized spacial score (nSPS) is 10.4. The summed E-state index contributed by atoms with van der Waals surface area (Å²) in [6.07, 6.45) is 5.96. The molecule has 114 valence electrons. The van der Waals surface area contributed by atoms with Crippen LogP contribution in [-0.4, -0.2) is 6.54 Å². The number of benzene rings is 2. The van der Waals surface area contributed by atoms with Crippen LogP contribution in [-0.2, 0) is 12.8 Å². The van der Waals surface area contributed by atoms with Crippen molar-refractivity contribution in [3.63, 3.8) is 0 Å². The Labute approximate surface area is 135 Å². The maximum atomic E-state index is 5.77. The average Bonchev–Trinajstić information content (AvgIpc) is 2.52. The van der Waals surface area contributed by atoms with E-state index in [2.05, 4.69) is 60.7 Å². The highest BCUT2D eigenvalue weighted by Crippen LogP contribution is 2.19. The minimum Gasteiger partial charge on any atom is -0.330 e. The van der Waals surface area contributed by atoms with Crippen LogP contribution in [0.3, 0.4) is 0 Å². The van der Waals surface area contributed by atoms with Crippen molar-refractivity contribution in [2.75, 3.05) is 6.54 Å². The summed E-state index contributed by atoms with van der Waals surface area (Å²) in [5.74, 6) is 0.736. The number of rotatable bonds is 8. The molecule has 0 saturated carbocycles. The molecule has 21 heavy (non-hydrogen) atoms. The van der Waals surface area contributed by atoms with Crippen LogP contribution in [0.5, 0.6) is 0 Å². The van der Waals surface area contributed by atoms with Crippen LogP contribution in [0.2, 0.25) is 0 Å². The Morgan fingerprint density at radius 3 is 1.48 bits per heavy atom. The van der Waals surface area contributed by atoms with Crippen molar-refractivity contribution in [1.29, 1.82) is 0 Å². The van der Waals surface area contributed by atoms with Gasteiger partial charge in [0.2, 0.25) is 0 Å². The Hall–Kier alpha value is -1.31. The van der Waals surface area contributed by atoms with E-state index in [1.165, 1.54) is 36.8 Å². The van der Waals surface area contributed by atoms with Gasteiger partial charge in [0.1, 0.15) is 0 Å². The molecular weight excluding hydrogens is 278 g/mol. The number of halogens is 1. The molecular formula is C19H26ClN. The van der Waals surface area contributed by atoms with Crippen molar-refractivity contribution in [1.82, 2.24) is 0 Å². The fourth-order valence-corrected chi connectivity index (χ4v) is 2.70. The summed E-state index contributed by atoms with van der Waals surface area (Å²) in [7, 11) is 0. The maximum absolute atomic E-state index is 5.77. The van der Waals surface area contributed by atoms with Gasteiger partial charge in [0.05, 0.1) is 0 Å². The molecule has 0 amide bonds. The number of hydrogen-bond acceptors (Lipinski definition) is 1. The first-order chi connectivity index (χ1) is 9.88. The fourth-order valence-electron chi connectivity index (χ4n) is 2.70. The summed E-state index contributed by atoms with van der Waals surface area (Å²) in [5, 5.41) is 0. The van der Waals surface area contributed by atoms with Crippen LogP contribution < -0.4 is 5.73 Å². The molecule has 0 unspecified atom stereocenters. The van der Waals surface area contributed by atoms with Gasteiger partial charge < -0.3 is 5.73 Å². The summed E-state index contributed by atoms with van der Waals surface area (Å²) in [4.78, 5) is 0. The van der Waals surface area contributed by atoms with Crippen LogP contribution in [0.15, 0.2) is 60.7 Å². The van der Waals surface area contributed by atoms with Crippen LogP contribution >= 0.6 is 12.4 Å². The quantitative estimate of drug-likeness (QED) is 0.755. The standard InChI is InChI=1S/C19H25N.ClH/c20-16-15-19(13-11-17-7-3-1-4-8-17)14-12-18-9-5-2-6-10-18;/h1-10,19H,11-16,20H2;1H. The van der Waals surface area contributed by atoms with Gasteiger partial charge in [-0.25, -0.2) is 0 Å². The molecule has 0 spiro atoms. The van der Waals surface area contributed by atoms with Crippen molar-refractivity contribution in [3.05, 3.63) is 71.8 Å². The van der Waals surface area contributed by atoms with E-state index in [1.54, 1.807) is 0 Å². The summed E-state index contributed by atoms with van der Waals surface area (Å²) in [6, 6.07) is 21.5. The van der Waals surface area contributed by atoms with Crippen LogP contribution in [0, 0.1) is 5.92 Å². The molecule has 0 bridgehead atoms. The molecule has 2 rings (SSSR count). The predicted molar refractivity (Wildman–Crippen MR) is 93.9 cm³/mol. The minimum atomic E-state index is 0. The monoisotopic (exact) mass is 303 g/mol. The maximum Gasteiger partial charge on any atom is -0.00746 e. The van der Waals surface area contributed by atoms with E-state index >= 15 is 0 Å². The Morgan fingerprint density at radius 1 is 0.667 bits per heavy atom. The molecule has 0 aliphatic carbocycles. The Bertz CT molecular complexity index is 426. The van der Waals surface area contributed by atoms with E-state index in [-0.39, 0.29) is 12.4 Å². The molecule has 2 N–H and O–H groups in total. The molecule has 0 aliphatic heterocycles. The Kier molecular flexibility index (Phi) is 8.80. The minimum absolute atomic E-state index is 0. The molecule has 0 atom stereocenters. The lowest BCUT2D eigenvalue weighted by Crippen LogP contribution is -2.11. The van der Waals surface area contributed by atoms with Gasteiger partial charge in [-0.05, 0) is 55.7 Å². The van der Waals surface area contributed by atoms with E-state index in [0.717, 1.165) is 18.9 Å². The lowest BCUT2D eigenvalue weighted by molar-refractivity contribution is 0.426. The Balaban J connectivity index is 0.00000220. The lowest BCUT2D eigenvalue weighted by atomic mass is 9.91. The van der Waals surface area contributed by atoms with Gasteiger partial charge in [-0.15, -0.1) is 12.4 Å². The first kappa shape index (κ1) is 17.7. The molecule has 2 aromatic carbocycles. The number of nitrogens with two attached hydrogens (primary N) is 1. The molecule has 0 fully saturated rings. The fraction of sp³-hybridized carbons (Fsp3) is 0.368. The zero-order valence-corrected chi connectivity index (χ0v) is 13.4. The molecule has 0 radical (unpaired) electrons. The average molecular weight is 304 g/mol. The first-order valence-corrected chi connectivity index (χ1v) is 7.66. The van der Waals surface area contributed by atoms with Gasteiger partial charge in [-0.3, -0.25) is 0 Å². The number of hydrogen-bond donors (Lipinski definition) is 1. The summed E-state index contributed by atoms with van der Waals surface area (Å²) < 4.78 is 0. The second-order valence-corrected chi connectivity index (χ2v) is 5.49. The highest BCUT2D eigenvalue weighted by Gasteiger charge is 2.08. The van der Waals surface area contributed by atoms with Gasteiger partial charge in [-0.1, -0.05) is 60.7 Å². The van der Waals surface area contributed by atoms with E-state index in [0.29, 0.717) is 0 Å². The van der Waals surface area contributed by atoms with E-state index in [9.17, 15) is 0 Å². The molecule has 0 aromatic heterocycles. The van der Waals surface area contributed by atoms with E-state index in [1.807, 2.05) is 0 Å². The van der Waals surface area contributed by atoms with E-state index in [4.69, 9.17) is 5.73 Å². The van der Waals surface area contributed by atoms with E-state index < -0.39 is 0 Å². The van der Waals surface area contributed by atoms with Crippen LogP contribution in [0.1, 0.15) is 30.4 Å². The highest BCUT2D eigenvalue weighted by atomic mass is 35.5. The van der Waals surface area contributed by atoms with Crippen LogP contribution in [0.25, 0.3) is 0 Å². The zero-order chi connectivity index (χ0) is 14.0. The van der Waals surface area contributed by atoms with Gasteiger partial charge in [0.15, 0.2) is 0 Å². The lowest BCUT2D eigenvalue weighted by Gasteiger charge is -2.16. The number of aryl methyl sites for hydroxylation is 2. The van der Waals surface area contributed by atoms with Gasteiger partial charge in [-0.2, -0.15) is 0 Å². The molecule has 0 heterocycles. The molecule has 1 nitrogen and oxygen atoms in total. The van der Waals surface area contributed by atoms with Crippen LogP contribution in [0.4, 0.5) is 0 Å². The smallest absolute Gasteiger partial charge is 0.00746 e. The summed E-state index contributed by atoms with van der Waals surface area (Å²) in [6.45, 7) is 0.800. The van der Waals surface area contributed by atoms with Gasteiger partial charge >= 0.3 is 0 Å². The topological polar surface area (TPSA) is 26.0 Å². The molecule has 0 saturated heterocycles. The van der Waals surface area contributed by atoms with Crippen molar-refractivity contribution >= 4 is 12.4 Å². The summed E-state index contributed by atoms with van der Waals surface area (Å²) in [5.41, 5.74) is 8.65. The van der Waals surface area contributed by atoms with Crippen molar-refractivity contribution in [2.24, 2.45) is 11.7 Å². The van der Waals surface area contributed by atoms with Crippen molar-refractivity contribution < 1.29 is 0 Å². The third-order valence-corrected chi connectivity index (χ3v) is 3.94. The van der Waals surface area contributed by atoms with Crippen molar-refractivity contribution in [2.45, 2.75) is 32.1 Å². The first-order valence-electron chi connectivity index (χ1n) is 7.66. The molecule has 2 heteroatoms.